The normalized spacial score (nSPS) is 30.4. The molecule has 3 atom stereocenters. The van der Waals surface area contributed by atoms with Crippen LogP contribution in [0.15, 0.2) is 0 Å². The fraction of sp³-hybridized carbons (Fsp3) is 0.929. The summed E-state index contributed by atoms with van der Waals surface area (Å²) >= 11 is 0. The second-order valence-electron chi connectivity index (χ2n) is 5.93. The standard InChI is InChI=1S/C14H26N2O3.ClH/c1-10(2)9-19-12-4-6-16(8-12)14(17)13-11(3)18-7-5-15-13;/h10-13,15H,4-9H2,1-3H3;1H/t11-,12?,13+;/m1./s1. The van der Waals surface area contributed by atoms with Gasteiger partial charge in [-0.05, 0) is 19.3 Å². The number of carbonyl (C=O) groups is 1. The average molecular weight is 307 g/mol. The van der Waals surface area contributed by atoms with Crippen LogP contribution in [-0.4, -0.2) is 61.9 Å². The number of hydrogen-bond acceptors (Lipinski definition) is 4. The molecule has 0 saturated carbocycles. The maximum atomic E-state index is 12.4. The minimum absolute atomic E-state index is 0. The van der Waals surface area contributed by atoms with E-state index in [0.29, 0.717) is 12.5 Å². The first-order chi connectivity index (χ1) is 9.08. The number of hydrogen-bond donors (Lipinski definition) is 1. The van der Waals surface area contributed by atoms with Gasteiger partial charge in [0, 0.05) is 26.2 Å². The van der Waals surface area contributed by atoms with E-state index in [1.165, 1.54) is 0 Å². The van der Waals surface area contributed by atoms with Gasteiger partial charge in [0.25, 0.3) is 0 Å². The van der Waals surface area contributed by atoms with Gasteiger partial charge in [-0.1, -0.05) is 13.8 Å². The molecule has 0 aliphatic carbocycles. The van der Waals surface area contributed by atoms with Crippen LogP contribution in [0.3, 0.4) is 0 Å². The fourth-order valence-corrected chi connectivity index (χ4v) is 2.60. The molecule has 0 aromatic rings. The maximum absolute atomic E-state index is 12.4. The molecule has 2 aliphatic rings. The number of ether oxygens (including phenoxy) is 2. The lowest BCUT2D eigenvalue weighted by Gasteiger charge is -2.32. The molecule has 0 radical (unpaired) electrons. The molecule has 6 heteroatoms. The largest absolute Gasteiger partial charge is 0.376 e. The Morgan fingerprint density at radius 3 is 2.90 bits per heavy atom. The Balaban J connectivity index is 0.00000200. The average Bonchev–Trinajstić information content (AvgIpc) is 2.85. The van der Waals surface area contributed by atoms with Gasteiger partial charge in [0.2, 0.25) is 5.91 Å². The molecule has 5 nitrogen and oxygen atoms in total. The van der Waals surface area contributed by atoms with Crippen molar-refractivity contribution in [1.29, 1.82) is 0 Å². The van der Waals surface area contributed by atoms with Crippen LogP contribution < -0.4 is 5.32 Å². The molecule has 1 N–H and O–H groups in total. The number of amides is 1. The number of morpholine rings is 1. The van der Waals surface area contributed by atoms with Crippen LogP contribution in [0.4, 0.5) is 0 Å². The second-order valence-corrected chi connectivity index (χ2v) is 5.93. The van der Waals surface area contributed by atoms with Crippen molar-refractivity contribution in [3.63, 3.8) is 0 Å². The molecule has 1 amide bonds. The van der Waals surface area contributed by atoms with Gasteiger partial charge in [0.1, 0.15) is 6.04 Å². The molecule has 2 aliphatic heterocycles. The monoisotopic (exact) mass is 306 g/mol. The van der Waals surface area contributed by atoms with E-state index < -0.39 is 0 Å². The van der Waals surface area contributed by atoms with Gasteiger partial charge < -0.3 is 19.7 Å². The van der Waals surface area contributed by atoms with Crippen molar-refractivity contribution in [2.24, 2.45) is 5.92 Å². The van der Waals surface area contributed by atoms with Gasteiger partial charge in [0.05, 0.1) is 18.8 Å². The van der Waals surface area contributed by atoms with E-state index in [1.54, 1.807) is 0 Å². The number of carbonyl (C=O) groups excluding carboxylic acids is 1. The molecule has 0 bridgehead atoms. The second kappa shape index (κ2) is 8.17. The molecular formula is C14H27ClN2O3. The molecular weight excluding hydrogens is 280 g/mol. The topological polar surface area (TPSA) is 50.8 Å². The highest BCUT2D eigenvalue weighted by atomic mass is 35.5. The third-order valence-corrected chi connectivity index (χ3v) is 3.70. The lowest BCUT2D eigenvalue weighted by molar-refractivity contribution is -0.139. The summed E-state index contributed by atoms with van der Waals surface area (Å²) in [6, 6.07) is -0.197. The Kier molecular flexibility index (Phi) is 7.23. The smallest absolute Gasteiger partial charge is 0.242 e. The Bertz CT molecular complexity index is 315. The van der Waals surface area contributed by atoms with Crippen LogP contribution in [0, 0.1) is 5.92 Å². The van der Waals surface area contributed by atoms with Crippen molar-refractivity contribution < 1.29 is 14.3 Å². The summed E-state index contributed by atoms with van der Waals surface area (Å²) in [5.74, 6) is 0.695. The highest BCUT2D eigenvalue weighted by Crippen LogP contribution is 2.17. The van der Waals surface area contributed by atoms with Crippen LogP contribution in [-0.2, 0) is 14.3 Å². The summed E-state index contributed by atoms with van der Waals surface area (Å²) in [6.07, 6.45) is 1.10. The van der Waals surface area contributed by atoms with Gasteiger partial charge >= 0.3 is 0 Å². The van der Waals surface area contributed by atoms with E-state index in [4.69, 9.17) is 9.47 Å². The van der Waals surface area contributed by atoms with Crippen molar-refractivity contribution in [2.45, 2.75) is 45.4 Å². The zero-order valence-electron chi connectivity index (χ0n) is 12.6. The van der Waals surface area contributed by atoms with Crippen LogP contribution in [0.5, 0.6) is 0 Å². The summed E-state index contributed by atoms with van der Waals surface area (Å²) in [4.78, 5) is 14.3. The van der Waals surface area contributed by atoms with Gasteiger partial charge in [-0.25, -0.2) is 0 Å². The Morgan fingerprint density at radius 1 is 1.50 bits per heavy atom. The first kappa shape index (κ1) is 17.7. The summed E-state index contributed by atoms with van der Waals surface area (Å²) in [6.45, 7) is 9.97. The zero-order chi connectivity index (χ0) is 13.8. The number of rotatable bonds is 4. The summed E-state index contributed by atoms with van der Waals surface area (Å²) in [7, 11) is 0. The maximum Gasteiger partial charge on any atom is 0.242 e. The van der Waals surface area contributed by atoms with Gasteiger partial charge in [0.15, 0.2) is 0 Å². The van der Waals surface area contributed by atoms with Gasteiger partial charge in [-0.2, -0.15) is 0 Å². The first-order valence-corrected chi connectivity index (χ1v) is 7.33. The molecule has 118 valence electrons. The number of halogens is 1. The number of likely N-dealkylation sites (tertiary alicyclic amines) is 1. The predicted octanol–water partition coefficient (Wildman–Crippen LogP) is 1.06. The van der Waals surface area contributed by atoms with E-state index in [2.05, 4.69) is 19.2 Å². The van der Waals surface area contributed by atoms with Crippen LogP contribution in [0.2, 0.25) is 0 Å². The summed E-state index contributed by atoms with van der Waals surface area (Å²) < 4.78 is 11.3. The Labute approximate surface area is 127 Å². The lowest BCUT2D eigenvalue weighted by Crippen LogP contribution is -2.56. The van der Waals surface area contributed by atoms with Crippen molar-refractivity contribution >= 4 is 18.3 Å². The highest BCUT2D eigenvalue weighted by molar-refractivity contribution is 5.85. The molecule has 2 rings (SSSR count). The Hall–Kier alpha value is -0.360. The zero-order valence-corrected chi connectivity index (χ0v) is 13.4. The van der Waals surface area contributed by atoms with Crippen molar-refractivity contribution in [3.05, 3.63) is 0 Å². The minimum atomic E-state index is -0.197. The minimum Gasteiger partial charge on any atom is -0.376 e. The molecule has 1 unspecified atom stereocenters. The van der Waals surface area contributed by atoms with Gasteiger partial charge in [-0.15, -0.1) is 12.4 Å². The van der Waals surface area contributed by atoms with Crippen molar-refractivity contribution in [1.82, 2.24) is 10.2 Å². The van der Waals surface area contributed by atoms with Crippen LogP contribution >= 0.6 is 12.4 Å². The quantitative estimate of drug-likeness (QED) is 0.844. The summed E-state index contributed by atoms with van der Waals surface area (Å²) in [5.41, 5.74) is 0. The Morgan fingerprint density at radius 2 is 2.25 bits per heavy atom. The molecule has 0 aromatic heterocycles. The lowest BCUT2D eigenvalue weighted by atomic mass is 10.1. The van der Waals surface area contributed by atoms with E-state index >= 15 is 0 Å². The molecule has 2 saturated heterocycles. The third-order valence-electron chi connectivity index (χ3n) is 3.70. The molecule has 0 spiro atoms. The molecule has 20 heavy (non-hydrogen) atoms. The van der Waals surface area contributed by atoms with E-state index in [-0.39, 0.29) is 36.6 Å². The van der Waals surface area contributed by atoms with E-state index in [9.17, 15) is 4.79 Å². The first-order valence-electron chi connectivity index (χ1n) is 7.33. The number of nitrogens with zero attached hydrogens (tertiary/aromatic N) is 1. The van der Waals surface area contributed by atoms with E-state index in [1.807, 2.05) is 11.8 Å². The fourth-order valence-electron chi connectivity index (χ4n) is 2.60. The SMILES string of the molecule is CC(C)COC1CCN(C(=O)[C@H]2NCCO[C@@H]2C)C1.Cl. The van der Waals surface area contributed by atoms with E-state index in [0.717, 1.165) is 32.7 Å². The van der Waals surface area contributed by atoms with Crippen LogP contribution in [0.25, 0.3) is 0 Å². The predicted molar refractivity (Wildman–Crippen MR) is 80.2 cm³/mol. The van der Waals surface area contributed by atoms with Gasteiger partial charge in [-0.3, -0.25) is 4.79 Å². The molecule has 2 fully saturated rings. The molecule has 2 heterocycles. The number of nitrogens with one attached hydrogen (secondary N) is 1. The third kappa shape index (κ3) is 4.58. The summed E-state index contributed by atoms with van der Waals surface area (Å²) in [5, 5.41) is 3.25. The van der Waals surface area contributed by atoms with Crippen molar-refractivity contribution in [2.75, 3.05) is 32.8 Å². The van der Waals surface area contributed by atoms with Crippen molar-refractivity contribution in [3.8, 4) is 0 Å². The molecule has 0 aromatic carbocycles. The highest BCUT2D eigenvalue weighted by Gasteiger charge is 2.35. The van der Waals surface area contributed by atoms with Crippen LogP contribution in [0.1, 0.15) is 27.2 Å².